The third-order valence-electron chi connectivity index (χ3n) is 4.47. The minimum Gasteiger partial charge on any atom is -0.497 e. The molecule has 1 heterocycles. The van der Waals surface area contributed by atoms with Crippen LogP contribution in [0.1, 0.15) is 21.8 Å². The monoisotopic (exact) mass is 431 g/mol. The molecule has 0 spiro atoms. The zero-order valence-electron chi connectivity index (χ0n) is 16.9. The van der Waals surface area contributed by atoms with Gasteiger partial charge >= 0.3 is 5.97 Å². The molecule has 10 heteroatoms. The minimum absolute atomic E-state index is 0.00259. The van der Waals surface area contributed by atoms with E-state index >= 15 is 0 Å². The van der Waals surface area contributed by atoms with Gasteiger partial charge in [0, 0.05) is 12.6 Å². The summed E-state index contributed by atoms with van der Waals surface area (Å²) in [6, 6.07) is 11.4. The summed E-state index contributed by atoms with van der Waals surface area (Å²) < 4.78 is 42.2. The molecule has 9 nitrogen and oxygen atoms in total. The van der Waals surface area contributed by atoms with Crippen LogP contribution in [-0.2, 0) is 21.3 Å². The molecule has 0 amide bonds. The van der Waals surface area contributed by atoms with E-state index in [2.05, 4.69) is 14.9 Å². The van der Waals surface area contributed by atoms with Gasteiger partial charge in [0.2, 0.25) is 21.7 Å². The first-order valence-corrected chi connectivity index (χ1v) is 10.3. The minimum atomic E-state index is -3.92. The third-order valence-corrected chi connectivity index (χ3v) is 6.42. The Labute approximate surface area is 174 Å². The topological polar surface area (TPSA) is 112 Å². The summed E-state index contributed by atoms with van der Waals surface area (Å²) in [5.41, 5.74) is 1.35. The van der Waals surface area contributed by atoms with Gasteiger partial charge in [-0.05, 0) is 48.9 Å². The average Bonchev–Trinajstić information content (AvgIpc) is 3.21. The number of carbonyl (C=O) groups excluding carboxylic acids is 1. The zero-order chi connectivity index (χ0) is 21.9. The van der Waals surface area contributed by atoms with Gasteiger partial charge in [-0.25, -0.2) is 13.2 Å². The second-order valence-corrected chi connectivity index (χ2v) is 8.49. The van der Waals surface area contributed by atoms with E-state index in [1.807, 2.05) is 0 Å². The van der Waals surface area contributed by atoms with Crippen LogP contribution in [0.15, 0.2) is 51.9 Å². The summed E-state index contributed by atoms with van der Waals surface area (Å²) in [6.07, 6.45) is 0. The Balaban J connectivity index is 1.82. The molecule has 3 aromatic rings. The van der Waals surface area contributed by atoms with Crippen LogP contribution in [0.3, 0.4) is 0 Å². The van der Waals surface area contributed by atoms with E-state index in [1.54, 1.807) is 44.4 Å². The number of carbonyl (C=O) groups is 1. The molecule has 0 bridgehead atoms. The number of hydrogen-bond donors (Lipinski definition) is 0. The van der Waals surface area contributed by atoms with E-state index in [4.69, 9.17) is 9.26 Å². The average molecular weight is 431 g/mol. The molecule has 0 aliphatic rings. The summed E-state index contributed by atoms with van der Waals surface area (Å²) in [5.74, 6) is 0.545. The van der Waals surface area contributed by atoms with Crippen molar-refractivity contribution in [2.24, 2.45) is 0 Å². The molecule has 0 radical (unpaired) electrons. The van der Waals surface area contributed by atoms with Crippen molar-refractivity contribution in [1.29, 1.82) is 0 Å². The van der Waals surface area contributed by atoms with E-state index in [9.17, 15) is 13.2 Å². The molecule has 0 unspecified atom stereocenters. The fourth-order valence-electron chi connectivity index (χ4n) is 2.74. The Morgan fingerprint density at radius 1 is 1.13 bits per heavy atom. The maximum atomic E-state index is 13.0. The SMILES string of the molecule is COC(=O)c1ccc(C)c(S(=O)(=O)N(C)Cc2nc(-c3ccc(OC)cc3)no2)c1. The first-order chi connectivity index (χ1) is 14.3. The standard InChI is InChI=1S/C20H21N3O6S/c1-13-5-6-15(20(24)28-4)11-17(13)30(25,26)23(2)12-18-21-19(22-29-18)14-7-9-16(27-3)10-8-14/h5-11H,12H2,1-4H3. The second kappa shape index (κ2) is 8.64. The van der Waals surface area contributed by atoms with Crippen LogP contribution in [0.25, 0.3) is 11.4 Å². The van der Waals surface area contributed by atoms with Gasteiger partial charge in [-0.1, -0.05) is 11.2 Å². The Kier molecular flexibility index (Phi) is 6.18. The van der Waals surface area contributed by atoms with Crippen molar-refractivity contribution in [1.82, 2.24) is 14.4 Å². The van der Waals surface area contributed by atoms with Crippen LogP contribution in [0.5, 0.6) is 5.75 Å². The van der Waals surface area contributed by atoms with Gasteiger partial charge in [-0.15, -0.1) is 0 Å². The van der Waals surface area contributed by atoms with Gasteiger partial charge in [0.05, 0.1) is 31.2 Å². The number of aryl methyl sites for hydroxylation is 1. The molecule has 0 aliphatic heterocycles. The molecular weight excluding hydrogens is 410 g/mol. The Bertz CT molecular complexity index is 1160. The number of sulfonamides is 1. The first-order valence-electron chi connectivity index (χ1n) is 8.88. The molecule has 0 fully saturated rings. The summed E-state index contributed by atoms with van der Waals surface area (Å²) in [4.78, 5) is 16.0. The lowest BCUT2D eigenvalue weighted by Gasteiger charge is -2.17. The highest BCUT2D eigenvalue weighted by Crippen LogP contribution is 2.24. The number of ether oxygens (including phenoxy) is 2. The molecule has 0 saturated heterocycles. The Morgan fingerprint density at radius 3 is 2.47 bits per heavy atom. The number of nitrogens with zero attached hydrogens (tertiary/aromatic N) is 3. The normalized spacial score (nSPS) is 11.5. The molecule has 0 atom stereocenters. The molecule has 1 aromatic heterocycles. The van der Waals surface area contributed by atoms with E-state index in [0.29, 0.717) is 22.7 Å². The predicted octanol–water partition coefficient (Wildman–Crippen LogP) is 2.66. The van der Waals surface area contributed by atoms with Crippen LogP contribution >= 0.6 is 0 Å². The largest absolute Gasteiger partial charge is 0.497 e. The van der Waals surface area contributed by atoms with Crippen molar-refractivity contribution < 1.29 is 27.2 Å². The number of aromatic nitrogens is 2. The molecule has 30 heavy (non-hydrogen) atoms. The van der Waals surface area contributed by atoms with Gasteiger partial charge in [-0.3, -0.25) is 0 Å². The summed E-state index contributed by atoms with van der Waals surface area (Å²) >= 11 is 0. The van der Waals surface area contributed by atoms with Crippen LogP contribution in [0, 0.1) is 6.92 Å². The highest BCUT2D eigenvalue weighted by atomic mass is 32.2. The van der Waals surface area contributed by atoms with Crippen molar-refractivity contribution in [2.75, 3.05) is 21.3 Å². The van der Waals surface area contributed by atoms with Gasteiger partial charge < -0.3 is 14.0 Å². The van der Waals surface area contributed by atoms with Crippen LogP contribution in [-0.4, -0.2) is 50.1 Å². The lowest BCUT2D eigenvalue weighted by molar-refractivity contribution is 0.0600. The van der Waals surface area contributed by atoms with Crippen molar-refractivity contribution in [3.8, 4) is 17.1 Å². The van der Waals surface area contributed by atoms with Crippen molar-refractivity contribution in [2.45, 2.75) is 18.4 Å². The van der Waals surface area contributed by atoms with Crippen molar-refractivity contribution >= 4 is 16.0 Å². The maximum absolute atomic E-state index is 13.0. The molecule has 158 valence electrons. The molecule has 3 rings (SSSR count). The highest BCUT2D eigenvalue weighted by molar-refractivity contribution is 7.89. The fourth-order valence-corrected chi connectivity index (χ4v) is 4.11. The fraction of sp³-hybridized carbons (Fsp3) is 0.250. The molecular formula is C20H21N3O6S. The van der Waals surface area contributed by atoms with Gasteiger partial charge in [0.15, 0.2) is 0 Å². The molecule has 2 aromatic carbocycles. The van der Waals surface area contributed by atoms with Crippen LogP contribution < -0.4 is 4.74 Å². The number of hydrogen-bond acceptors (Lipinski definition) is 8. The van der Waals surface area contributed by atoms with Crippen LogP contribution in [0.4, 0.5) is 0 Å². The van der Waals surface area contributed by atoms with Crippen molar-refractivity contribution in [3.05, 3.63) is 59.5 Å². The second-order valence-electron chi connectivity index (χ2n) is 6.47. The highest BCUT2D eigenvalue weighted by Gasteiger charge is 2.26. The summed E-state index contributed by atoms with van der Waals surface area (Å²) in [6.45, 7) is 1.52. The maximum Gasteiger partial charge on any atom is 0.337 e. The van der Waals surface area contributed by atoms with Crippen LogP contribution in [0.2, 0.25) is 0 Å². The quantitative estimate of drug-likeness (QED) is 0.525. The third kappa shape index (κ3) is 4.34. The van der Waals surface area contributed by atoms with E-state index < -0.39 is 16.0 Å². The molecule has 0 N–H and O–H groups in total. The first kappa shape index (κ1) is 21.5. The van der Waals surface area contributed by atoms with E-state index in [-0.39, 0.29) is 22.9 Å². The molecule has 0 aliphatic carbocycles. The molecule has 0 saturated carbocycles. The lowest BCUT2D eigenvalue weighted by Crippen LogP contribution is -2.27. The van der Waals surface area contributed by atoms with Gasteiger partial charge in [0.1, 0.15) is 5.75 Å². The van der Waals surface area contributed by atoms with Gasteiger partial charge in [-0.2, -0.15) is 9.29 Å². The Morgan fingerprint density at radius 2 is 1.83 bits per heavy atom. The number of methoxy groups -OCH3 is 2. The number of benzene rings is 2. The Hall–Kier alpha value is -3.24. The summed E-state index contributed by atoms with van der Waals surface area (Å²) in [7, 11) is 0.289. The summed E-state index contributed by atoms with van der Waals surface area (Å²) in [5, 5.41) is 3.91. The predicted molar refractivity (Wildman–Crippen MR) is 107 cm³/mol. The van der Waals surface area contributed by atoms with E-state index in [1.165, 1.54) is 26.3 Å². The van der Waals surface area contributed by atoms with E-state index in [0.717, 1.165) is 4.31 Å². The smallest absolute Gasteiger partial charge is 0.337 e. The number of rotatable bonds is 7. The zero-order valence-corrected chi connectivity index (χ0v) is 17.8. The van der Waals surface area contributed by atoms with Gasteiger partial charge in [0.25, 0.3) is 0 Å². The van der Waals surface area contributed by atoms with Crippen molar-refractivity contribution in [3.63, 3.8) is 0 Å². The number of esters is 1. The lowest BCUT2D eigenvalue weighted by atomic mass is 10.1.